The summed E-state index contributed by atoms with van der Waals surface area (Å²) in [6, 6.07) is -7.56. The third-order valence-corrected chi connectivity index (χ3v) is 15.0. The van der Waals surface area contributed by atoms with Gasteiger partial charge in [-0.2, -0.15) is 38.4 Å². The molecule has 678 valence electrons. The molecule has 14 N–H and O–H groups in total. The minimum absolute atomic E-state index is 0.0296. The van der Waals surface area contributed by atoms with Crippen molar-refractivity contribution in [1.29, 1.82) is 0 Å². The van der Waals surface area contributed by atoms with Crippen molar-refractivity contribution >= 4 is 108 Å². The Balaban J connectivity index is -0.000000298. The van der Waals surface area contributed by atoms with Crippen LogP contribution in [0, 0.1) is 0 Å². The normalized spacial score (nSPS) is 12.5. The highest BCUT2D eigenvalue weighted by Gasteiger charge is 2.37. The van der Waals surface area contributed by atoms with Gasteiger partial charge in [0.15, 0.2) is 0 Å². The van der Waals surface area contributed by atoms with E-state index in [2.05, 4.69) is 39.5 Å². The number of aliphatic carboxylic acids is 8. The van der Waals surface area contributed by atoms with Crippen LogP contribution < -0.4 is 0 Å². The summed E-state index contributed by atoms with van der Waals surface area (Å²) in [5, 5.41) is 135. The van der Waals surface area contributed by atoms with E-state index in [0.29, 0.717) is 6.54 Å². The zero-order chi connectivity index (χ0) is 94.7. The Kier molecular flexibility index (Phi) is 73.1. The Labute approximate surface area is 686 Å². The lowest BCUT2D eigenvalue weighted by Gasteiger charge is -2.37. The zero-order valence-corrected chi connectivity index (χ0v) is 67.2. The van der Waals surface area contributed by atoms with Gasteiger partial charge in [-0.25, -0.2) is 28.8 Å². The number of aliphatic hydroxyl groups excluding tert-OH is 6. The highest BCUT2D eigenvalue weighted by atomic mass is 16.6. The summed E-state index contributed by atoms with van der Waals surface area (Å²) in [6.45, 7) is 26.0. The fourth-order valence-corrected chi connectivity index (χ4v) is 9.08. The van der Waals surface area contributed by atoms with Gasteiger partial charge in [0.1, 0.15) is 76.1 Å². The summed E-state index contributed by atoms with van der Waals surface area (Å²) in [7, 11) is 0. The first-order chi connectivity index (χ1) is 55.9. The van der Waals surface area contributed by atoms with Gasteiger partial charge in [-0.15, -0.1) is 0 Å². The summed E-state index contributed by atoms with van der Waals surface area (Å²) in [5.41, 5.74) is 0.672. The molecule has 0 fully saturated rings. The largest absolute Gasteiger partial charge is 0.481 e. The summed E-state index contributed by atoms with van der Waals surface area (Å²) in [5.74, 6) is -15.3. The number of ether oxygens (including phenoxy) is 6. The molecule has 0 aliphatic heterocycles. The molecular weight excluding hydrogens is 1620 g/mol. The van der Waals surface area contributed by atoms with Gasteiger partial charge in [0.25, 0.3) is 0 Å². The smallest absolute Gasteiger partial charge is 0.373 e. The zero-order valence-electron chi connectivity index (χ0n) is 67.2. The third kappa shape index (κ3) is 64.2. The van der Waals surface area contributed by atoms with Crippen LogP contribution in [0.25, 0.3) is 0 Å². The molecule has 48 nitrogen and oxygen atoms in total. The molecule has 0 aliphatic carbocycles. The van der Waals surface area contributed by atoms with Crippen LogP contribution in [0.4, 0.5) is 0 Å². The third-order valence-electron chi connectivity index (χ3n) is 15.0. The average Bonchev–Trinajstić information content (AvgIpc) is 0.813. The van der Waals surface area contributed by atoms with Gasteiger partial charge in [0.2, 0.25) is 0 Å². The minimum Gasteiger partial charge on any atom is -0.481 e. The maximum absolute atomic E-state index is 11.9. The second-order valence-electron chi connectivity index (χ2n) is 24.9. The Morgan fingerprint density at radius 1 is 0.308 bits per heavy atom. The standard InChI is InChI=1S/2C23H36N2O12.C22H36N2O10.4CO2/c1-14(2)22(34)36-12-16(11-26)24(6-5-19(28)29)7-8-25(18(21(32)33)9-20(30)31)10-17(27)13-37-23(35)15(3)4;1-14(2)22(34)36-12-16(10-26)24(6-5-19(28)29)7-8-25(18(21(32)33)9-20(30)31)17(11-27)13-37-23(35)15(3)4;1-6-23(10-16(25)12-33-21(31)14(2)3)7-8-24(18(20(29)30)9-19(27)28)11-17(26)13-34-22(32)15(4)5;4*2-1-3/h2*16-18,26-27H,1,3,5-13H2,2,4H3,(H,28,29)(H,30,31)(H,32,33);16-18,25-26H,2,4,6-13H2,1,3,5H3,(H,27,28)(H,29,30);;;;. The fraction of sp³-hybridized carbons (Fsp3) is 0.583. The van der Waals surface area contributed by atoms with Crippen LogP contribution in [0.15, 0.2) is 72.9 Å². The first-order valence-corrected chi connectivity index (χ1v) is 34.9. The Morgan fingerprint density at radius 3 is 0.767 bits per heavy atom. The van der Waals surface area contributed by atoms with Crippen LogP contribution >= 0.6 is 0 Å². The molecule has 0 bridgehead atoms. The molecule has 120 heavy (non-hydrogen) atoms. The van der Waals surface area contributed by atoms with Crippen LogP contribution in [0.1, 0.15) is 80.6 Å². The van der Waals surface area contributed by atoms with Crippen molar-refractivity contribution in [2.24, 2.45) is 0 Å². The molecule has 0 heterocycles. The van der Waals surface area contributed by atoms with Gasteiger partial charge in [-0.05, 0) is 48.1 Å². The van der Waals surface area contributed by atoms with Crippen molar-refractivity contribution in [2.75, 3.05) is 138 Å². The molecule has 0 saturated carbocycles. The van der Waals surface area contributed by atoms with E-state index in [1.54, 1.807) is 11.8 Å². The van der Waals surface area contributed by atoms with Crippen molar-refractivity contribution < 1.29 is 205 Å². The lowest BCUT2D eigenvalue weighted by Crippen LogP contribution is -2.55. The molecule has 0 spiro atoms. The number of carbonyl (C=O) groups excluding carboxylic acids is 14. The topological polar surface area (TPSA) is 734 Å². The molecule has 0 aliphatic rings. The number of carboxylic acids is 8. The number of carboxylic acid groups (broad SMARTS) is 8. The Morgan fingerprint density at radius 2 is 0.533 bits per heavy atom. The van der Waals surface area contributed by atoms with Crippen molar-refractivity contribution in [1.82, 2.24) is 29.4 Å². The molecule has 9 unspecified atom stereocenters. The lowest BCUT2D eigenvalue weighted by atomic mass is 10.1. The van der Waals surface area contributed by atoms with Gasteiger partial charge < -0.3 is 99.9 Å². The molecule has 0 amide bonds. The van der Waals surface area contributed by atoms with Crippen LogP contribution in [0.2, 0.25) is 0 Å². The highest BCUT2D eigenvalue weighted by Crippen LogP contribution is 2.17. The number of aliphatic hydroxyl groups is 6. The van der Waals surface area contributed by atoms with Gasteiger partial charge in [-0.3, -0.25) is 67.8 Å². The number of nitrogens with zero attached hydrogens (tertiary/aromatic N) is 6. The van der Waals surface area contributed by atoms with Crippen LogP contribution in [-0.4, -0.2) is 402 Å². The van der Waals surface area contributed by atoms with E-state index >= 15 is 0 Å². The first-order valence-electron chi connectivity index (χ1n) is 34.9. The number of esters is 6. The van der Waals surface area contributed by atoms with Gasteiger partial charge in [0, 0.05) is 105 Å². The maximum atomic E-state index is 11.9. The predicted octanol–water partition coefficient (Wildman–Crippen LogP) is -4.93. The van der Waals surface area contributed by atoms with Gasteiger partial charge >= 0.3 is 108 Å². The van der Waals surface area contributed by atoms with Gasteiger partial charge in [0.05, 0.1) is 70.1 Å². The van der Waals surface area contributed by atoms with E-state index in [4.69, 9.17) is 82.1 Å². The molecule has 0 aromatic carbocycles. The molecule has 0 rings (SSSR count). The summed E-state index contributed by atoms with van der Waals surface area (Å²) < 4.78 is 29.8. The summed E-state index contributed by atoms with van der Waals surface area (Å²) in [4.78, 5) is 235. The number of hydrogen-bond acceptors (Lipinski definition) is 40. The lowest BCUT2D eigenvalue weighted by molar-refractivity contribution is -0.193. The monoisotopic (exact) mass is 1730 g/mol. The van der Waals surface area contributed by atoms with E-state index in [9.17, 15) is 123 Å². The predicted molar refractivity (Wildman–Crippen MR) is 396 cm³/mol. The SMILES string of the molecule is C=C(C)C(=O)OCC(CO)N(CCC(=O)O)CCN(C(CO)COC(=O)C(=C)C)C(CC(=O)O)C(=O)O.C=C(C)C(=O)OCC(O)CN(CC)CCN(CC(O)COC(=O)C(=C)C)C(CC(=O)O)C(=O)O.C=C(C)C(=O)OCC(O)CN(CCN(CCC(=O)O)C(CO)COC(=O)C(=C)C)C(CC(=O)O)C(=O)O.O=C=O.O=C=O.O=C=O.O=C=O. The second kappa shape index (κ2) is 72.3. The highest BCUT2D eigenvalue weighted by molar-refractivity contribution is 5.89. The van der Waals surface area contributed by atoms with Crippen molar-refractivity contribution in [3.05, 3.63) is 72.9 Å². The van der Waals surface area contributed by atoms with Gasteiger partial charge in [-0.1, -0.05) is 46.4 Å². The van der Waals surface area contributed by atoms with Crippen LogP contribution in [-0.2, 0) is 134 Å². The molecule has 0 aromatic rings. The first kappa shape index (κ1) is 121. The van der Waals surface area contributed by atoms with E-state index in [1.165, 1.54) is 56.2 Å². The summed E-state index contributed by atoms with van der Waals surface area (Å²) in [6.07, 6.45) is -5.79. The number of carbonyl (C=O) groups is 14. The Bertz CT molecular complexity index is 3420. The number of likely N-dealkylation sites (N-methyl/N-ethyl adjacent to an activating group) is 1. The molecule has 0 radical (unpaired) electrons. The Hall–Kier alpha value is -11.9. The van der Waals surface area contributed by atoms with E-state index in [0.717, 1.165) is 9.80 Å². The second-order valence-corrected chi connectivity index (χ2v) is 24.9. The molecule has 48 heteroatoms. The van der Waals surface area contributed by atoms with E-state index in [1.807, 2.05) is 0 Å². The van der Waals surface area contributed by atoms with Crippen molar-refractivity contribution in [3.63, 3.8) is 0 Å². The number of rotatable bonds is 58. The number of hydrogen-bond donors (Lipinski definition) is 14. The van der Waals surface area contributed by atoms with Crippen molar-refractivity contribution in [3.8, 4) is 0 Å². The van der Waals surface area contributed by atoms with Crippen LogP contribution in [0.5, 0.6) is 0 Å². The molecule has 9 atom stereocenters. The minimum atomic E-state index is -1.65. The van der Waals surface area contributed by atoms with E-state index < -0.39 is 204 Å². The molecule has 0 saturated heterocycles. The fourth-order valence-electron chi connectivity index (χ4n) is 9.08. The maximum Gasteiger partial charge on any atom is 0.373 e. The average molecular weight is 1730 g/mol. The molecular formula is C72H108N6O42. The van der Waals surface area contributed by atoms with Crippen molar-refractivity contribution in [2.45, 2.75) is 135 Å². The van der Waals surface area contributed by atoms with Crippen LogP contribution in [0.3, 0.4) is 0 Å². The molecule has 0 aromatic heterocycles. The quantitative estimate of drug-likeness (QED) is 0.0154. The summed E-state index contributed by atoms with van der Waals surface area (Å²) >= 11 is 0. The van der Waals surface area contributed by atoms with E-state index in [-0.39, 0.29) is 156 Å².